The number of rotatable bonds is 3. The number of pyridine rings is 1. The van der Waals surface area contributed by atoms with Gasteiger partial charge in [-0.3, -0.25) is 9.67 Å². The molecule has 26 heavy (non-hydrogen) atoms. The molecule has 0 atom stereocenters. The number of nitrogens with zero attached hydrogens (tertiary/aromatic N) is 5. The molecular weight excluding hydrogens is 332 g/mol. The van der Waals surface area contributed by atoms with Gasteiger partial charge in [-0.1, -0.05) is 5.16 Å². The molecule has 4 heterocycles. The molecule has 0 spiro atoms. The van der Waals surface area contributed by atoms with E-state index in [-0.39, 0.29) is 5.88 Å². The lowest BCUT2D eigenvalue weighted by atomic mass is 10.1. The number of nitrogens with one attached hydrogen (secondary N) is 1. The quantitative estimate of drug-likeness (QED) is 0.551. The van der Waals surface area contributed by atoms with E-state index in [4.69, 9.17) is 4.52 Å². The number of aliphatic imine (C=N–C) groups is 1. The number of hydrogen-bond acceptors (Lipinski definition) is 6. The molecule has 0 unspecified atom stereocenters. The molecule has 2 N–H and O–H groups in total. The minimum Gasteiger partial charge on any atom is -0.494 e. The van der Waals surface area contributed by atoms with E-state index < -0.39 is 0 Å². The summed E-state index contributed by atoms with van der Waals surface area (Å²) in [5.74, 6) is 0.763. The lowest BCUT2D eigenvalue weighted by Gasteiger charge is -2.02. The molecule has 0 aliphatic carbocycles. The van der Waals surface area contributed by atoms with Crippen LogP contribution in [0.3, 0.4) is 0 Å². The van der Waals surface area contributed by atoms with Crippen LogP contribution in [-0.2, 0) is 7.05 Å². The van der Waals surface area contributed by atoms with Gasteiger partial charge < -0.3 is 14.6 Å². The zero-order valence-corrected chi connectivity index (χ0v) is 14.9. The topological polar surface area (TPSA) is 105 Å². The van der Waals surface area contributed by atoms with Crippen molar-refractivity contribution in [2.45, 2.75) is 20.8 Å². The molecule has 132 valence electrons. The summed E-state index contributed by atoms with van der Waals surface area (Å²) in [6, 6.07) is 1.91. The van der Waals surface area contributed by atoms with Crippen LogP contribution in [0.5, 0.6) is 5.88 Å². The fraction of sp³-hybridized carbons (Fsp3) is 0.222. The van der Waals surface area contributed by atoms with Crippen LogP contribution in [0.15, 0.2) is 34.2 Å². The first-order chi connectivity index (χ1) is 12.4. The smallest absolute Gasteiger partial charge is 0.198 e. The van der Waals surface area contributed by atoms with Gasteiger partial charge in [0, 0.05) is 12.4 Å². The Morgan fingerprint density at radius 3 is 2.77 bits per heavy atom. The second kappa shape index (κ2) is 5.83. The highest BCUT2D eigenvalue weighted by molar-refractivity contribution is 6.13. The van der Waals surface area contributed by atoms with E-state index in [0.717, 1.165) is 33.5 Å². The maximum atomic E-state index is 10.4. The van der Waals surface area contributed by atoms with Crippen molar-refractivity contribution in [3.63, 3.8) is 0 Å². The molecule has 0 aromatic carbocycles. The Morgan fingerprint density at radius 2 is 2.12 bits per heavy atom. The highest BCUT2D eigenvalue weighted by atomic mass is 16.5. The summed E-state index contributed by atoms with van der Waals surface area (Å²) < 4.78 is 6.93. The SMILES string of the molecule is CC(=Nc1cnn(C)c1)c1c(O)[nH]c2cnc(-c3c(C)noc3C)cc12. The first-order valence-corrected chi connectivity index (χ1v) is 8.12. The molecule has 0 saturated heterocycles. The molecule has 8 heteroatoms. The van der Waals surface area contributed by atoms with Crippen molar-refractivity contribution in [1.29, 1.82) is 0 Å². The second-order valence-electron chi connectivity index (χ2n) is 6.23. The Hall–Kier alpha value is -3.42. The van der Waals surface area contributed by atoms with Gasteiger partial charge in [0.05, 0.1) is 52.3 Å². The standard InChI is InChI=1S/C18H18N6O2/c1-9(21-12-6-20-24(4)8-12)17-13-5-14(16-10(2)23-26-11(16)3)19-7-15(13)22-18(17)25/h5-8,22,25H,1-4H3. The molecular formula is C18H18N6O2. The maximum absolute atomic E-state index is 10.4. The summed E-state index contributed by atoms with van der Waals surface area (Å²) in [7, 11) is 1.83. The van der Waals surface area contributed by atoms with Crippen LogP contribution in [-0.4, -0.2) is 35.7 Å². The third kappa shape index (κ3) is 2.55. The van der Waals surface area contributed by atoms with E-state index >= 15 is 0 Å². The normalized spacial score (nSPS) is 12.2. The molecule has 0 bridgehead atoms. The number of aryl methyl sites for hydroxylation is 3. The van der Waals surface area contributed by atoms with Crippen LogP contribution in [0.1, 0.15) is 23.9 Å². The summed E-state index contributed by atoms with van der Waals surface area (Å²) in [6.07, 6.45) is 5.18. The Labute approximate surface area is 149 Å². The van der Waals surface area contributed by atoms with E-state index in [1.807, 2.05) is 40.1 Å². The maximum Gasteiger partial charge on any atom is 0.198 e. The van der Waals surface area contributed by atoms with Crippen LogP contribution in [0.25, 0.3) is 22.2 Å². The molecule has 4 aromatic heterocycles. The Balaban J connectivity index is 1.88. The zero-order chi connectivity index (χ0) is 18.4. The fourth-order valence-corrected chi connectivity index (χ4v) is 3.15. The van der Waals surface area contributed by atoms with E-state index in [9.17, 15) is 5.11 Å². The van der Waals surface area contributed by atoms with Gasteiger partial charge in [-0.15, -0.1) is 0 Å². The van der Waals surface area contributed by atoms with Gasteiger partial charge in [0.15, 0.2) is 5.88 Å². The van der Waals surface area contributed by atoms with Crippen LogP contribution in [0, 0.1) is 13.8 Å². The van der Waals surface area contributed by atoms with Crippen molar-refractivity contribution in [3.8, 4) is 17.1 Å². The van der Waals surface area contributed by atoms with Gasteiger partial charge >= 0.3 is 0 Å². The van der Waals surface area contributed by atoms with Crippen LogP contribution < -0.4 is 0 Å². The lowest BCUT2D eigenvalue weighted by molar-refractivity contribution is 0.393. The van der Waals surface area contributed by atoms with Gasteiger partial charge in [0.25, 0.3) is 0 Å². The monoisotopic (exact) mass is 350 g/mol. The van der Waals surface area contributed by atoms with Crippen LogP contribution in [0.2, 0.25) is 0 Å². The Morgan fingerprint density at radius 1 is 1.31 bits per heavy atom. The van der Waals surface area contributed by atoms with Crippen molar-refractivity contribution in [3.05, 3.63) is 41.7 Å². The summed E-state index contributed by atoms with van der Waals surface area (Å²) >= 11 is 0. The predicted molar refractivity (Wildman–Crippen MR) is 97.8 cm³/mol. The summed E-state index contributed by atoms with van der Waals surface area (Å²) in [4.78, 5) is 12.0. The molecule has 4 rings (SSSR count). The van der Waals surface area contributed by atoms with Crippen molar-refractivity contribution in [2.75, 3.05) is 0 Å². The predicted octanol–water partition coefficient (Wildman–Crippen LogP) is 3.41. The number of H-pyrrole nitrogens is 1. The molecule has 0 radical (unpaired) electrons. The van der Waals surface area contributed by atoms with Gasteiger partial charge in [-0.2, -0.15) is 5.10 Å². The lowest BCUT2D eigenvalue weighted by Crippen LogP contribution is -1.94. The highest BCUT2D eigenvalue weighted by Gasteiger charge is 2.18. The minimum atomic E-state index is 0.0582. The summed E-state index contributed by atoms with van der Waals surface area (Å²) in [5.41, 5.74) is 5.14. The number of aromatic hydroxyl groups is 1. The van der Waals surface area contributed by atoms with Crippen molar-refractivity contribution in [2.24, 2.45) is 12.0 Å². The third-order valence-electron chi connectivity index (χ3n) is 4.30. The van der Waals surface area contributed by atoms with E-state index in [0.29, 0.717) is 17.0 Å². The van der Waals surface area contributed by atoms with E-state index in [1.165, 1.54) is 0 Å². The van der Waals surface area contributed by atoms with Crippen molar-refractivity contribution < 1.29 is 9.63 Å². The molecule has 4 aromatic rings. The summed E-state index contributed by atoms with van der Waals surface area (Å²) in [6.45, 7) is 5.58. The molecule has 0 amide bonds. The summed E-state index contributed by atoms with van der Waals surface area (Å²) in [5, 5.41) is 19.3. The van der Waals surface area contributed by atoms with Gasteiger partial charge in [-0.25, -0.2) is 4.99 Å². The molecule has 0 fully saturated rings. The largest absolute Gasteiger partial charge is 0.494 e. The first-order valence-electron chi connectivity index (χ1n) is 8.12. The molecule has 0 aliphatic rings. The van der Waals surface area contributed by atoms with Crippen LogP contribution >= 0.6 is 0 Å². The Bertz CT molecular complexity index is 1130. The third-order valence-corrected chi connectivity index (χ3v) is 4.30. The van der Waals surface area contributed by atoms with Gasteiger partial charge in [-0.05, 0) is 26.8 Å². The zero-order valence-electron chi connectivity index (χ0n) is 14.9. The number of aromatic amines is 1. The molecule has 8 nitrogen and oxygen atoms in total. The average molecular weight is 350 g/mol. The molecule has 0 aliphatic heterocycles. The first kappa shape index (κ1) is 16.1. The van der Waals surface area contributed by atoms with Gasteiger partial charge in [0.1, 0.15) is 11.4 Å². The fourth-order valence-electron chi connectivity index (χ4n) is 3.15. The Kier molecular flexibility index (Phi) is 3.61. The van der Waals surface area contributed by atoms with Crippen molar-refractivity contribution >= 4 is 22.3 Å². The number of fused-ring (bicyclic) bond motifs is 1. The van der Waals surface area contributed by atoms with Crippen molar-refractivity contribution in [1.82, 2.24) is 24.9 Å². The van der Waals surface area contributed by atoms with E-state index in [1.54, 1.807) is 17.1 Å². The highest BCUT2D eigenvalue weighted by Crippen LogP contribution is 2.33. The van der Waals surface area contributed by atoms with E-state index in [2.05, 4.69) is 25.2 Å². The molecule has 0 saturated carbocycles. The number of hydrogen-bond donors (Lipinski definition) is 2. The van der Waals surface area contributed by atoms with Crippen LogP contribution in [0.4, 0.5) is 5.69 Å². The van der Waals surface area contributed by atoms with Gasteiger partial charge in [0.2, 0.25) is 0 Å². The second-order valence-corrected chi connectivity index (χ2v) is 6.23. The average Bonchev–Trinajstić information content (AvgIpc) is 3.24. The number of aromatic nitrogens is 5. The minimum absolute atomic E-state index is 0.0582.